The second kappa shape index (κ2) is 7.08. The van der Waals surface area contributed by atoms with Gasteiger partial charge in [0.15, 0.2) is 0 Å². The van der Waals surface area contributed by atoms with Crippen molar-refractivity contribution in [2.45, 2.75) is 19.8 Å². The lowest BCUT2D eigenvalue weighted by Crippen LogP contribution is -2.28. The maximum Gasteiger partial charge on any atom is 0.303 e. The molecule has 0 saturated heterocycles. The third kappa shape index (κ3) is 4.19. The first-order valence-electron chi connectivity index (χ1n) is 6.78. The molecule has 2 aromatic rings. The first kappa shape index (κ1) is 15.3. The third-order valence-electron chi connectivity index (χ3n) is 3.20. The van der Waals surface area contributed by atoms with Gasteiger partial charge in [0.1, 0.15) is 4.88 Å². The van der Waals surface area contributed by atoms with Crippen LogP contribution in [-0.4, -0.2) is 28.1 Å². The summed E-state index contributed by atoms with van der Waals surface area (Å²) in [7, 11) is 0. The van der Waals surface area contributed by atoms with Crippen molar-refractivity contribution < 1.29 is 14.7 Å². The fourth-order valence-corrected chi connectivity index (χ4v) is 2.80. The van der Waals surface area contributed by atoms with Gasteiger partial charge in [0.2, 0.25) is 0 Å². The monoisotopic (exact) mass is 306 g/mol. The summed E-state index contributed by atoms with van der Waals surface area (Å²) in [5.74, 6) is -0.780. The van der Waals surface area contributed by atoms with Crippen molar-refractivity contribution in [3.05, 3.63) is 40.8 Å². The number of aliphatic carboxylic acids is 1. The number of hydrogen-bond donors (Lipinski definition) is 2. The summed E-state index contributed by atoms with van der Waals surface area (Å²) in [6.45, 7) is 2.42. The quantitative estimate of drug-likeness (QED) is 0.826. The molecule has 2 rings (SSSR count). The van der Waals surface area contributed by atoms with E-state index >= 15 is 0 Å². The molecule has 2 heterocycles. The van der Waals surface area contributed by atoms with E-state index in [1.165, 1.54) is 11.3 Å². The predicted octanol–water partition coefficient (Wildman–Crippen LogP) is 2.77. The lowest BCUT2D eigenvalue weighted by molar-refractivity contribution is -0.137. The molecule has 0 aliphatic carbocycles. The van der Waals surface area contributed by atoms with Gasteiger partial charge in [-0.2, -0.15) is 0 Å². The second-order valence-corrected chi connectivity index (χ2v) is 5.89. The summed E-state index contributed by atoms with van der Waals surface area (Å²) < 4.78 is 1.90. The molecule has 2 N–H and O–H groups in total. The minimum Gasteiger partial charge on any atom is -0.481 e. The zero-order valence-corrected chi connectivity index (χ0v) is 12.6. The Bertz CT molecular complexity index is 604. The van der Waals surface area contributed by atoms with Gasteiger partial charge in [-0.05, 0) is 35.9 Å². The second-order valence-electron chi connectivity index (χ2n) is 4.97. The van der Waals surface area contributed by atoms with E-state index in [1.54, 1.807) is 0 Å². The molecule has 2 aromatic heterocycles. The Hall–Kier alpha value is -2.08. The van der Waals surface area contributed by atoms with Crippen molar-refractivity contribution in [2.24, 2.45) is 5.92 Å². The van der Waals surface area contributed by atoms with Crippen LogP contribution in [0, 0.1) is 5.92 Å². The largest absolute Gasteiger partial charge is 0.481 e. The molecule has 0 radical (unpaired) electrons. The lowest BCUT2D eigenvalue weighted by Gasteiger charge is -2.12. The van der Waals surface area contributed by atoms with Gasteiger partial charge in [-0.15, -0.1) is 11.3 Å². The average Bonchev–Trinajstić information content (AvgIpc) is 3.11. The number of carbonyl (C=O) groups is 2. The van der Waals surface area contributed by atoms with E-state index in [1.807, 2.05) is 47.5 Å². The topological polar surface area (TPSA) is 71.3 Å². The number of aromatic nitrogens is 1. The van der Waals surface area contributed by atoms with Gasteiger partial charge >= 0.3 is 5.97 Å². The molecule has 0 aliphatic rings. The average molecular weight is 306 g/mol. The summed E-state index contributed by atoms with van der Waals surface area (Å²) in [4.78, 5) is 23.4. The summed E-state index contributed by atoms with van der Waals surface area (Å²) in [6.07, 6.45) is 4.48. The molecule has 6 heteroatoms. The van der Waals surface area contributed by atoms with Crippen molar-refractivity contribution in [1.82, 2.24) is 9.88 Å². The van der Waals surface area contributed by atoms with Crippen molar-refractivity contribution in [2.75, 3.05) is 6.54 Å². The third-order valence-corrected chi connectivity index (χ3v) is 4.10. The van der Waals surface area contributed by atoms with E-state index in [0.717, 1.165) is 5.69 Å². The van der Waals surface area contributed by atoms with Gasteiger partial charge in [-0.3, -0.25) is 9.59 Å². The van der Waals surface area contributed by atoms with Crippen LogP contribution in [0.4, 0.5) is 0 Å². The van der Waals surface area contributed by atoms with E-state index in [0.29, 0.717) is 17.8 Å². The molecule has 0 aliphatic heterocycles. The molecule has 0 spiro atoms. The number of amides is 1. The Morgan fingerprint density at radius 3 is 2.76 bits per heavy atom. The zero-order chi connectivity index (χ0) is 15.2. The fourth-order valence-electron chi connectivity index (χ4n) is 1.99. The molecule has 0 aromatic carbocycles. The lowest BCUT2D eigenvalue weighted by atomic mass is 10.1. The van der Waals surface area contributed by atoms with Gasteiger partial charge in [0, 0.05) is 25.4 Å². The van der Waals surface area contributed by atoms with Gasteiger partial charge in [0.05, 0.1) is 5.69 Å². The van der Waals surface area contributed by atoms with Crippen molar-refractivity contribution in [3.8, 4) is 5.69 Å². The number of thiophene rings is 1. The SMILES string of the molecule is CC(CCC(=O)O)CNC(=O)c1sccc1-n1cccc1. The summed E-state index contributed by atoms with van der Waals surface area (Å²) >= 11 is 1.40. The van der Waals surface area contributed by atoms with Gasteiger partial charge in [0.25, 0.3) is 5.91 Å². The number of carbonyl (C=O) groups excluding carboxylic acids is 1. The first-order valence-corrected chi connectivity index (χ1v) is 7.66. The van der Waals surface area contributed by atoms with Crippen LogP contribution in [0.25, 0.3) is 5.69 Å². The number of nitrogens with one attached hydrogen (secondary N) is 1. The van der Waals surface area contributed by atoms with Crippen LogP contribution in [0.5, 0.6) is 0 Å². The molecule has 1 unspecified atom stereocenters. The highest BCUT2D eigenvalue weighted by Gasteiger charge is 2.15. The van der Waals surface area contributed by atoms with Crippen LogP contribution in [0.1, 0.15) is 29.4 Å². The minimum atomic E-state index is -0.804. The van der Waals surface area contributed by atoms with Gasteiger partial charge < -0.3 is 15.0 Å². The number of nitrogens with zero attached hydrogens (tertiary/aromatic N) is 1. The van der Waals surface area contributed by atoms with Crippen LogP contribution < -0.4 is 5.32 Å². The molecule has 0 bridgehead atoms. The van der Waals surface area contributed by atoms with E-state index in [-0.39, 0.29) is 18.2 Å². The van der Waals surface area contributed by atoms with Crippen LogP contribution in [0.2, 0.25) is 0 Å². The molecule has 0 saturated carbocycles. The summed E-state index contributed by atoms with van der Waals surface area (Å²) in [6, 6.07) is 5.73. The van der Waals surface area contributed by atoms with Gasteiger partial charge in [-0.1, -0.05) is 6.92 Å². The van der Waals surface area contributed by atoms with E-state index < -0.39 is 5.97 Å². The number of carboxylic acid groups (broad SMARTS) is 1. The van der Waals surface area contributed by atoms with Crippen LogP contribution in [0.3, 0.4) is 0 Å². The highest BCUT2D eigenvalue weighted by atomic mass is 32.1. The molecular formula is C15H18N2O3S. The Morgan fingerprint density at radius 2 is 2.10 bits per heavy atom. The molecule has 1 amide bonds. The highest BCUT2D eigenvalue weighted by molar-refractivity contribution is 7.12. The Morgan fingerprint density at radius 1 is 1.38 bits per heavy atom. The molecule has 1 atom stereocenters. The molecule has 5 nitrogen and oxygen atoms in total. The van der Waals surface area contributed by atoms with E-state index in [9.17, 15) is 9.59 Å². The first-order chi connectivity index (χ1) is 10.1. The van der Waals surface area contributed by atoms with Crippen LogP contribution in [0.15, 0.2) is 36.0 Å². The van der Waals surface area contributed by atoms with Crippen molar-refractivity contribution in [3.63, 3.8) is 0 Å². The van der Waals surface area contributed by atoms with Crippen LogP contribution >= 0.6 is 11.3 Å². The number of carboxylic acids is 1. The summed E-state index contributed by atoms with van der Waals surface area (Å²) in [5, 5.41) is 13.4. The number of rotatable bonds is 7. The molecular weight excluding hydrogens is 288 g/mol. The summed E-state index contributed by atoms with van der Waals surface area (Å²) in [5.41, 5.74) is 0.862. The predicted molar refractivity (Wildman–Crippen MR) is 82.0 cm³/mol. The van der Waals surface area contributed by atoms with Gasteiger partial charge in [-0.25, -0.2) is 0 Å². The van der Waals surface area contributed by atoms with E-state index in [2.05, 4.69) is 5.32 Å². The molecule has 21 heavy (non-hydrogen) atoms. The molecule has 0 fully saturated rings. The zero-order valence-electron chi connectivity index (χ0n) is 11.8. The maximum absolute atomic E-state index is 12.2. The minimum absolute atomic E-state index is 0.115. The Kier molecular flexibility index (Phi) is 5.16. The normalized spacial score (nSPS) is 12.0. The highest BCUT2D eigenvalue weighted by Crippen LogP contribution is 2.21. The van der Waals surface area contributed by atoms with Crippen LogP contribution in [-0.2, 0) is 4.79 Å². The Labute approximate surface area is 127 Å². The maximum atomic E-state index is 12.2. The fraction of sp³-hybridized carbons (Fsp3) is 0.333. The standard InChI is InChI=1S/C15H18N2O3S/c1-11(4-5-13(18)19)10-16-15(20)14-12(6-9-21-14)17-7-2-3-8-17/h2-3,6-9,11H,4-5,10H2,1H3,(H,16,20)(H,18,19). The van der Waals surface area contributed by atoms with Crippen molar-refractivity contribution in [1.29, 1.82) is 0 Å². The molecule has 112 valence electrons. The smallest absolute Gasteiger partial charge is 0.303 e. The number of hydrogen-bond acceptors (Lipinski definition) is 3. The van der Waals surface area contributed by atoms with E-state index in [4.69, 9.17) is 5.11 Å². The Balaban J connectivity index is 1.93. The van der Waals surface area contributed by atoms with Crippen molar-refractivity contribution >= 4 is 23.2 Å².